The maximum atomic E-state index is 11.6. The molecule has 6 heteroatoms. The summed E-state index contributed by atoms with van der Waals surface area (Å²) in [5.41, 5.74) is 11.0. The SMILES string of the molecule is CCCOc1ccc2c(N)c(-c3ccc(NC(=O)OCC)cc3)n(C(C)C)c2c1. The summed E-state index contributed by atoms with van der Waals surface area (Å²) in [5, 5.41) is 3.72. The molecule has 0 atom stereocenters. The largest absolute Gasteiger partial charge is 0.494 e. The molecule has 1 heterocycles. The van der Waals surface area contributed by atoms with Crippen LogP contribution in [0.3, 0.4) is 0 Å². The zero-order chi connectivity index (χ0) is 21.0. The van der Waals surface area contributed by atoms with Crippen molar-refractivity contribution in [3.63, 3.8) is 0 Å². The number of carbonyl (C=O) groups excluding carboxylic acids is 1. The third-order valence-electron chi connectivity index (χ3n) is 4.68. The Bertz CT molecular complexity index is 991. The van der Waals surface area contributed by atoms with Crippen molar-refractivity contribution in [3.8, 4) is 17.0 Å². The number of amides is 1. The molecule has 0 saturated carbocycles. The molecular weight excluding hydrogens is 366 g/mol. The monoisotopic (exact) mass is 395 g/mol. The number of ether oxygens (including phenoxy) is 2. The van der Waals surface area contributed by atoms with Crippen molar-refractivity contribution in [2.75, 3.05) is 24.3 Å². The van der Waals surface area contributed by atoms with Crippen molar-refractivity contribution in [3.05, 3.63) is 42.5 Å². The molecule has 1 aromatic heterocycles. The van der Waals surface area contributed by atoms with Gasteiger partial charge in [0.1, 0.15) is 5.75 Å². The lowest BCUT2D eigenvalue weighted by Crippen LogP contribution is -2.13. The normalized spacial score (nSPS) is 11.1. The zero-order valence-corrected chi connectivity index (χ0v) is 17.5. The van der Waals surface area contributed by atoms with E-state index in [1.165, 1.54) is 0 Å². The molecule has 0 aliphatic rings. The molecule has 1 amide bonds. The summed E-state index contributed by atoms with van der Waals surface area (Å²) in [7, 11) is 0. The van der Waals surface area contributed by atoms with Crippen molar-refractivity contribution in [2.45, 2.75) is 40.2 Å². The van der Waals surface area contributed by atoms with Gasteiger partial charge in [-0.25, -0.2) is 4.79 Å². The van der Waals surface area contributed by atoms with E-state index in [-0.39, 0.29) is 6.04 Å². The Morgan fingerprint density at radius 1 is 1.14 bits per heavy atom. The minimum Gasteiger partial charge on any atom is -0.494 e. The number of carbonyl (C=O) groups is 1. The lowest BCUT2D eigenvalue weighted by atomic mass is 10.1. The van der Waals surface area contributed by atoms with E-state index in [4.69, 9.17) is 15.2 Å². The highest BCUT2D eigenvalue weighted by Crippen LogP contribution is 2.40. The third kappa shape index (κ3) is 4.31. The first kappa shape index (κ1) is 20.6. The topological polar surface area (TPSA) is 78.5 Å². The molecule has 3 aromatic rings. The van der Waals surface area contributed by atoms with Crippen LogP contribution >= 0.6 is 0 Å². The molecule has 0 aliphatic carbocycles. The smallest absolute Gasteiger partial charge is 0.411 e. The summed E-state index contributed by atoms with van der Waals surface area (Å²) >= 11 is 0. The van der Waals surface area contributed by atoms with E-state index < -0.39 is 6.09 Å². The Balaban J connectivity index is 2.03. The van der Waals surface area contributed by atoms with Gasteiger partial charge < -0.3 is 19.8 Å². The van der Waals surface area contributed by atoms with E-state index in [0.717, 1.165) is 40.0 Å². The molecule has 0 spiro atoms. The Morgan fingerprint density at radius 2 is 1.86 bits per heavy atom. The van der Waals surface area contributed by atoms with Crippen LogP contribution in [0.25, 0.3) is 22.2 Å². The molecule has 0 saturated heterocycles. The van der Waals surface area contributed by atoms with Crippen molar-refractivity contribution in [1.82, 2.24) is 4.57 Å². The highest BCUT2D eigenvalue weighted by molar-refractivity contribution is 6.01. The minimum absolute atomic E-state index is 0.212. The van der Waals surface area contributed by atoms with Crippen molar-refractivity contribution in [1.29, 1.82) is 0 Å². The van der Waals surface area contributed by atoms with E-state index in [9.17, 15) is 4.79 Å². The van der Waals surface area contributed by atoms with Gasteiger partial charge in [0.2, 0.25) is 0 Å². The van der Waals surface area contributed by atoms with Gasteiger partial charge in [0.05, 0.1) is 30.1 Å². The third-order valence-corrected chi connectivity index (χ3v) is 4.68. The number of rotatable bonds is 7. The number of fused-ring (bicyclic) bond motifs is 1. The molecule has 6 nitrogen and oxygen atoms in total. The van der Waals surface area contributed by atoms with Gasteiger partial charge in [-0.1, -0.05) is 19.1 Å². The van der Waals surface area contributed by atoms with Crippen LogP contribution in [0.1, 0.15) is 40.2 Å². The van der Waals surface area contributed by atoms with Gasteiger partial charge in [-0.2, -0.15) is 0 Å². The fraction of sp³-hybridized carbons (Fsp3) is 0.348. The summed E-state index contributed by atoms with van der Waals surface area (Å²) in [5.74, 6) is 0.847. The van der Waals surface area contributed by atoms with Crippen LogP contribution in [0.2, 0.25) is 0 Å². The van der Waals surface area contributed by atoms with Crippen molar-refractivity contribution in [2.24, 2.45) is 0 Å². The molecule has 0 radical (unpaired) electrons. The number of anilines is 2. The second-order valence-corrected chi connectivity index (χ2v) is 7.18. The van der Waals surface area contributed by atoms with Crippen LogP contribution in [-0.2, 0) is 4.74 Å². The molecule has 0 bridgehead atoms. The number of nitrogens with one attached hydrogen (secondary N) is 1. The molecule has 0 unspecified atom stereocenters. The molecule has 0 fully saturated rings. The number of nitrogens with two attached hydrogens (primary N) is 1. The summed E-state index contributed by atoms with van der Waals surface area (Å²) in [4.78, 5) is 11.6. The first-order valence-corrected chi connectivity index (χ1v) is 10.1. The lowest BCUT2D eigenvalue weighted by molar-refractivity contribution is 0.168. The molecule has 3 N–H and O–H groups in total. The Kier molecular flexibility index (Phi) is 6.32. The molecular formula is C23H29N3O3. The van der Waals surface area contributed by atoms with Crippen molar-refractivity contribution < 1.29 is 14.3 Å². The average Bonchev–Trinajstić information content (AvgIpc) is 2.99. The first-order valence-electron chi connectivity index (χ1n) is 10.1. The van der Waals surface area contributed by atoms with Crippen LogP contribution in [0, 0.1) is 0 Å². The van der Waals surface area contributed by atoms with Gasteiger partial charge in [-0.05, 0) is 51.5 Å². The van der Waals surface area contributed by atoms with Crippen LogP contribution in [0.15, 0.2) is 42.5 Å². The zero-order valence-electron chi connectivity index (χ0n) is 17.5. The van der Waals surface area contributed by atoms with Gasteiger partial charge in [0.15, 0.2) is 0 Å². The standard InChI is InChI=1S/C23H29N3O3/c1-5-13-29-18-11-12-19-20(14-18)26(15(3)4)22(21(19)24)16-7-9-17(10-8-16)25-23(27)28-6-2/h7-12,14-15H,5-6,13,24H2,1-4H3,(H,25,27). The van der Waals surface area contributed by atoms with Crippen molar-refractivity contribution >= 4 is 28.4 Å². The van der Waals surface area contributed by atoms with Gasteiger partial charge in [-0.3, -0.25) is 5.32 Å². The minimum atomic E-state index is -0.462. The van der Waals surface area contributed by atoms with E-state index in [2.05, 4.69) is 36.7 Å². The second-order valence-electron chi connectivity index (χ2n) is 7.18. The van der Waals surface area contributed by atoms with Gasteiger partial charge in [0, 0.05) is 28.7 Å². The Labute approximate surface area is 171 Å². The van der Waals surface area contributed by atoms with Gasteiger partial charge >= 0.3 is 6.09 Å². The maximum Gasteiger partial charge on any atom is 0.411 e. The predicted molar refractivity (Wildman–Crippen MR) is 119 cm³/mol. The summed E-state index contributed by atoms with van der Waals surface area (Å²) in [6.45, 7) is 9.15. The summed E-state index contributed by atoms with van der Waals surface area (Å²) in [6.07, 6.45) is 0.499. The highest BCUT2D eigenvalue weighted by atomic mass is 16.5. The molecule has 154 valence electrons. The van der Waals surface area contributed by atoms with Gasteiger partial charge in [0.25, 0.3) is 0 Å². The Hall–Kier alpha value is -3.15. The fourth-order valence-corrected chi connectivity index (χ4v) is 3.45. The number of nitrogens with zero attached hydrogens (tertiary/aromatic N) is 1. The van der Waals surface area contributed by atoms with E-state index in [0.29, 0.717) is 18.9 Å². The number of aromatic nitrogens is 1. The van der Waals surface area contributed by atoms with E-state index >= 15 is 0 Å². The highest BCUT2D eigenvalue weighted by Gasteiger charge is 2.19. The van der Waals surface area contributed by atoms with Crippen LogP contribution in [0.5, 0.6) is 5.75 Å². The summed E-state index contributed by atoms with van der Waals surface area (Å²) in [6, 6.07) is 13.9. The maximum absolute atomic E-state index is 11.6. The average molecular weight is 396 g/mol. The van der Waals surface area contributed by atoms with E-state index in [1.54, 1.807) is 6.92 Å². The van der Waals surface area contributed by atoms with E-state index in [1.807, 2.05) is 36.4 Å². The summed E-state index contributed by atoms with van der Waals surface area (Å²) < 4.78 is 13.0. The number of hydrogen-bond donors (Lipinski definition) is 2. The molecule has 2 aromatic carbocycles. The van der Waals surface area contributed by atoms with Crippen LogP contribution in [0.4, 0.5) is 16.2 Å². The molecule has 3 rings (SSSR count). The number of benzene rings is 2. The predicted octanol–water partition coefficient (Wildman–Crippen LogP) is 5.83. The molecule has 0 aliphatic heterocycles. The quantitative estimate of drug-likeness (QED) is 0.528. The first-order chi connectivity index (χ1) is 14.0. The molecule has 29 heavy (non-hydrogen) atoms. The lowest BCUT2D eigenvalue weighted by Gasteiger charge is -2.16. The fourth-order valence-electron chi connectivity index (χ4n) is 3.45. The second kappa shape index (κ2) is 8.90. The number of hydrogen-bond acceptors (Lipinski definition) is 4. The van der Waals surface area contributed by atoms with Crippen LogP contribution < -0.4 is 15.8 Å². The van der Waals surface area contributed by atoms with Crippen LogP contribution in [-0.4, -0.2) is 23.9 Å². The number of nitrogen functional groups attached to an aromatic ring is 1. The van der Waals surface area contributed by atoms with Gasteiger partial charge in [-0.15, -0.1) is 0 Å². The Morgan fingerprint density at radius 3 is 2.48 bits per heavy atom.